The van der Waals surface area contributed by atoms with Crippen molar-refractivity contribution in [3.05, 3.63) is 34.9 Å². The molecule has 26 heavy (non-hydrogen) atoms. The molecule has 0 spiro atoms. The molecule has 1 amide bonds. The fourth-order valence-electron chi connectivity index (χ4n) is 3.06. The lowest BCUT2D eigenvalue weighted by molar-refractivity contribution is -0.142. The second kappa shape index (κ2) is 8.18. The molecule has 0 aromatic heterocycles. The highest BCUT2D eigenvalue weighted by molar-refractivity contribution is 7.93. The molecule has 144 valence electrons. The maximum Gasteiger partial charge on any atom is 0.330 e. The fraction of sp³-hybridized carbons (Fsp3) is 0.556. The number of carbonyl (C=O) groups excluding carboxylic acids is 1. The average Bonchev–Trinajstić information content (AvgIpc) is 2.62. The normalized spacial score (nSPS) is 18.1. The van der Waals surface area contributed by atoms with E-state index in [2.05, 4.69) is 5.32 Å². The van der Waals surface area contributed by atoms with Crippen molar-refractivity contribution in [3.8, 4) is 0 Å². The van der Waals surface area contributed by atoms with Gasteiger partial charge in [-0.1, -0.05) is 18.2 Å². The van der Waals surface area contributed by atoms with Gasteiger partial charge in [0.2, 0.25) is 5.91 Å². The summed E-state index contributed by atoms with van der Waals surface area (Å²) in [4.78, 5) is 24.2. The van der Waals surface area contributed by atoms with Gasteiger partial charge in [-0.05, 0) is 50.3 Å². The molecule has 0 saturated carbocycles. The van der Waals surface area contributed by atoms with Gasteiger partial charge in [0.05, 0.1) is 5.25 Å². The van der Waals surface area contributed by atoms with Crippen molar-refractivity contribution < 1.29 is 27.9 Å². The molecule has 2 atom stereocenters. The SMILES string of the molecule is Cc1cccc(C(NC(=O)C(C)S(=O)(=O)C2CCOCC2)C(=O)O)c1C. The molecule has 1 aliphatic heterocycles. The van der Waals surface area contributed by atoms with E-state index in [0.29, 0.717) is 31.6 Å². The Hall–Kier alpha value is -1.93. The number of rotatable bonds is 6. The topological polar surface area (TPSA) is 110 Å². The van der Waals surface area contributed by atoms with Crippen LogP contribution in [0.15, 0.2) is 18.2 Å². The van der Waals surface area contributed by atoms with Crippen LogP contribution in [-0.2, 0) is 24.2 Å². The van der Waals surface area contributed by atoms with Crippen molar-refractivity contribution in [2.75, 3.05) is 13.2 Å². The number of sulfone groups is 1. The highest BCUT2D eigenvalue weighted by atomic mass is 32.2. The first-order valence-corrected chi connectivity index (χ1v) is 10.2. The zero-order valence-corrected chi connectivity index (χ0v) is 16.0. The molecule has 1 aliphatic rings. The van der Waals surface area contributed by atoms with Gasteiger partial charge in [0, 0.05) is 13.2 Å². The van der Waals surface area contributed by atoms with E-state index in [9.17, 15) is 23.1 Å². The van der Waals surface area contributed by atoms with Crippen LogP contribution in [0.3, 0.4) is 0 Å². The molecule has 2 N–H and O–H groups in total. The number of carbonyl (C=O) groups is 2. The van der Waals surface area contributed by atoms with Gasteiger partial charge in [0.25, 0.3) is 0 Å². The zero-order chi connectivity index (χ0) is 19.5. The number of aliphatic carboxylic acids is 1. The molecule has 1 fully saturated rings. The zero-order valence-electron chi connectivity index (χ0n) is 15.2. The number of ether oxygens (including phenoxy) is 1. The molecule has 1 saturated heterocycles. The van der Waals surface area contributed by atoms with Gasteiger partial charge in [0.15, 0.2) is 15.9 Å². The van der Waals surface area contributed by atoms with E-state index >= 15 is 0 Å². The largest absolute Gasteiger partial charge is 0.479 e. The van der Waals surface area contributed by atoms with Gasteiger partial charge in [0.1, 0.15) is 5.25 Å². The number of benzene rings is 1. The third kappa shape index (κ3) is 4.24. The van der Waals surface area contributed by atoms with E-state index in [1.165, 1.54) is 6.92 Å². The van der Waals surface area contributed by atoms with E-state index in [1.54, 1.807) is 19.1 Å². The number of carboxylic acids is 1. The van der Waals surface area contributed by atoms with Crippen LogP contribution in [0.5, 0.6) is 0 Å². The molecule has 0 aliphatic carbocycles. The second-order valence-corrected chi connectivity index (χ2v) is 9.16. The average molecular weight is 383 g/mol. The Kier molecular flexibility index (Phi) is 6.41. The molecule has 7 nitrogen and oxygen atoms in total. The quantitative estimate of drug-likeness (QED) is 0.771. The lowest BCUT2D eigenvalue weighted by Crippen LogP contribution is -2.46. The summed E-state index contributed by atoms with van der Waals surface area (Å²) in [5.74, 6) is -2.03. The van der Waals surface area contributed by atoms with Gasteiger partial charge >= 0.3 is 5.97 Å². The van der Waals surface area contributed by atoms with Crippen LogP contribution in [0.4, 0.5) is 0 Å². The number of nitrogens with one attached hydrogen (secondary N) is 1. The Labute approximate surface area is 153 Å². The minimum absolute atomic E-state index is 0.346. The maximum atomic E-state index is 12.7. The Bertz CT molecular complexity index is 783. The molecular weight excluding hydrogens is 358 g/mol. The number of carboxylic acid groups (broad SMARTS) is 1. The summed E-state index contributed by atoms with van der Waals surface area (Å²) in [5.41, 5.74) is 2.09. The summed E-state index contributed by atoms with van der Waals surface area (Å²) >= 11 is 0. The van der Waals surface area contributed by atoms with E-state index < -0.39 is 38.3 Å². The van der Waals surface area contributed by atoms with Crippen molar-refractivity contribution >= 4 is 21.7 Å². The Morgan fingerprint density at radius 3 is 2.42 bits per heavy atom. The van der Waals surface area contributed by atoms with Crippen LogP contribution in [0.1, 0.15) is 42.5 Å². The molecule has 0 bridgehead atoms. The van der Waals surface area contributed by atoms with Crippen molar-refractivity contribution in [2.45, 2.75) is 50.2 Å². The molecule has 0 radical (unpaired) electrons. The number of hydrogen-bond donors (Lipinski definition) is 2. The standard InChI is InChI=1S/C18H25NO6S/c1-11-5-4-6-15(12(11)2)16(18(21)22)19-17(20)13(3)26(23,24)14-7-9-25-10-8-14/h4-6,13-14,16H,7-10H2,1-3H3,(H,19,20)(H,21,22). The van der Waals surface area contributed by atoms with Gasteiger partial charge in [-0.25, -0.2) is 13.2 Å². The lowest BCUT2D eigenvalue weighted by atomic mass is 9.97. The lowest BCUT2D eigenvalue weighted by Gasteiger charge is -2.26. The van der Waals surface area contributed by atoms with Crippen molar-refractivity contribution in [2.24, 2.45) is 0 Å². The van der Waals surface area contributed by atoms with E-state index in [0.717, 1.165) is 11.1 Å². The van der Waals surface area contributed by atoms with Crippen LogP contribution in [0.2, 0.25) is 0 Å². The highest BCUT2D eigenvalue weighted by Gasteiger charge is 2.38. The first-order valence-electron chi connectivity index (χ1n) is 8.56. The monoisotopic (exact) mass is 383 g/mol. The Balaban J connectivity index is 2.22. The number of amides is 1. The van der Waals surface area contributed by atoms with E-state index in [-0.39, 0.29) is 0 Å². The number of aryl methyl sites for hydroxylation is 1. The third-order valence-corrected chi connectivity index (χ3v) is 7.59. The minimum Gasteiger partial charge on any atom is -0.479 e. The summed E-state index contributed by atoms with van der Waals surface area (Å²) in [5, 5.41) is 9.98. The van der Waals surface area contributed by atoms with E-state index in [1.807, 2.05) is 13.0 Å². The van der Waals surface area contributed by atoms with Gasteiger partial charge in [-0.2, -0.15) is 0 Å². The molecule has 1 aromatic rings. The van der Waals surface area contributed by atoms with E-state index in [4.69, 9.17) is 4.74 Å². The predicted molar refractivity (Wildman–Crippen MR) is 96.7 cm³/mol. The summed E-state index contributed by atoms with van der Waals surface area (Å²) in [6.07, 6.45) is 0.693. The second-order valence-electron chi connectivity index (χ2n) is 6.61. The Morgan fingerprint density at radius 1 is 1.23 bits per heavy atom. The van der Waals surface area contributed by atoms with Gasteiger partial charge in [-0.15, -0.1) is 0 Å². The molecule has 2 unspecified atom stereocenters. The van der Waals surface area contributed by atoms with Crippen LogP contribution in [0.25, 0.3) is 0 Å². The highest BCUT2D eigenvalue weighted by Crippen LogP contribution is 2.23. The van der Waals surface area contributed by atoms with Crippen LogP contribution in [-0.4, -0.2) is 49.1 Å². The fourth-order valence-corrected chi connectivity index (χ4v) is 4.85. The summed E-state index contributed by atoms with van der Waals surface area (Å²) < 4.78 is 30.5. The molecule has 8 heteroatoms. The van der Waals surface area contributed by atoms with Crippen LogP contribution < -0.4 is 5.32 Å². The maximum absolute atomic E-state index is 12.7. The molecule has 1 aromatic carbocycles. The van der Waals surface area contributed by atoms with Crippen molar-refractivity contribution in [3.63, 3.8) is 0 Å². The number of hydrogen-bond acceptors (Lipinski definition) is 5. The molecule has 2 rings (SSSR count). The first kappa shape index (κ1) is 20.4. The van der Waals surface area contributed by atoms with Crippen LogP contribution >= 0.6 is 0 Å². The van der Waals surface area contributed by atoms with Crippen LogP contribution in [0, 0.1) is 13.8 Å². The van der Waals surface area contributed by atoms with Crippen molar-refractivity contribution in [1.82, 2.24) is 5.32 Å². The summed E-state index contributed by atoms with van der Waals surface area (Å²) in [6, 6.07) is 3.88. The predicted octanol–water partition coefficient (Wildman–Crippen LogP) is 1.53. The molecular formula is C18H25NO6S. The molecule has 1 heterocycles. The van der Waals surface area contributed by atoms with Gasteiger partial charge < -0.3 is 15.2 Å². The Morgan fingerprint density at radius 2 is 1.85 bits per heavy atom. The smallest absolute Gasteiger partial charge is 0.330 e. The first-order chi connectivity index (χ1) is 12.2. The van der Waals surface area contributed by atoms with Crippen molar-refractivity contribution in [1.29, 1.82) is 0 Å². The summed E-state index contributed by atoms with van der Waals surface area (Å²) in [7, 11) is -3.72. The summed E-state index contributed by atoms with van der Waals surface area (Å²) in [6.45, 7) is 5.62. The third-order valence-electron chi connectivity index (χ3n) is 4.99. The minimum atomic E-state index is -3.72. The van der Waals surface area contributed by atoms with Gasteiger partial charge in [-0.3, -0.25) is 4.79 Å².